The summed E-state index contributed by atoms with van der Waals surface area (Å²) in [6, 6.07) is 24.4. The molecule has 0 aliphatic heterocycles. The summed E-state index contributed by atoms with van der Waals surface area (Å²) in [5.41, 5.74) is 2.61. The number of nitrogens with zero attached hydrogens (tertiary/aromatic N) is 1. The molecule has 0 heterocycles. The van der Waals surface area contributed by atoms with E-state index in [1.165, 1.54) is 12.1 Å². The highest BCUT2D eigenvalue weighted by molar-refractivity contribution is 5.89. The van der Waals surface area contributed by atoms with Gasteiger partial charge in [-0.2, -0.15) is 0 Å². The molecule has 32 heavy (non-hydrogen) atoms. The molecule has 2 amide bonds. The van der Waals surface area contributed by atoms with Gasteiger partial charge in [0.2, 0.25) is 11.8 Å². The standard InChI is InChI=1S/C27H29FN2O2/c1-20(2)29-27(32)25(17-21-9-5-3-6-10-21)30(19-23-13-15-24(28)16-14-23)26(31)18-22-11-7-4-8-12-22/h3-16,20,25H,17-19H2,1-2H3,(H,29,32)/t25-/m1/s1. The van der Waals surface area contributed by atoms with E-state index in [1.54, 1.807) is 17.0 Å². The summed E-state index contributed by atoms with van der Waals surface area (Å²) in [6.45, 7) is 4.01. The zero-order valence-corrected chi connectivity index (χ0v) is 18.5. The summed E-state index contributed by atoms with van der Waals surface area (Å²) in [7, 11) is 0. The van der Waals surface area contributed by atoms with Crippen molar-refractivity contribution in [2.45, 2.75) is 45.3 Å². The van der Waals surface area contributed by atoms with Gasteiger partial charge in [-0.25, -0.2) is 4.39 Å². The highest BCUT2D eigenvalue weighted by Gasteiger charge is 2.30. The lowest BCUT2D eigenvalue weighted by atomic mass is 10.0. The molecule has 3 rings (SSSR count). The fourth-order valence-electron chi connectivity index (χ4n) is 3.59. The number of benzene rings is 3. The van der Waals surface area contributed by atoms with Crippen LogP contribution in [0.4, 0.5) is 4.39 Å². The molecule has 4 nitrogen and oxygen atoms in total. The number of hydrogen-bond donors (Lipinski definition) is 1. The van der Waals surface area contributed by atoms with Crippen LogP contribution in [0.5, 0.6) is 0 Å². The molecule has 0 aromatic heterocycles. The Labute approximate surface area is 189 Å². The highest BCUT2D eigenvalue weighted by Crippen LogP contribution is 2.17. The molecule has 5 heteroatoms. The van der Waals surface area contributed by atoms with Crippen LogP contribution < -0.4 is 5.32 Å². The second-order valence-electron chi connectivity index (χ2n) is 8.18. The van der Waals surface area contributed by atoms with Crippen LogP contribution in [-0.4, -0.2) is 28.8 Å². The first-order valence-corrected chi connectivity index (χ1v) is 10.8. The number of carbonyl (C=O) groups is 2. The molecule has 1 atom stereocenters. The largest absolute Gasteiger partial charge is 0.352 e. The van der Waals surface area contributed by atoms with E-state index in [0.29, 0.717) is 6.42 Å². The maximum Gasteiger partial charge on any atom is 0.243 e. The maximum absolute atomic E-state index is 13.5. The summed E-state index contributed by atoms with van der Waals surface area (Å²) >= 11 is 0. The quantitative estimate of drug-likeness (QED) is 0.540. The molecule has 0 unspecified atom stereocenters. The van der Waals surface area contributed by atoms with Gasteiger partial charge in [-0.3, -0.25) is 9.59 Å². The zero-order valence-electron chi connectivity index (χ0n) is 18.5. The Hall–Kier alpha value is -3.47. The van der Waals surface area contributed by atoms with Gasteiger partial charge in [0, 0.05) is 19.0 Å². The van der Waals surface area contributed by atoms with Crippen molar-refractivity contribution >= 4 is 11.8 Å². The molecular formula is C27H29FN2O2. The maximum atomic E-state index is 13.5. The fraction of sp³-hybridized carbons (Fsp3) is 0.259. The normalized spacial score (nSPS) is 11.8. The molecule has 0 aliphatic carbocycles. The van der Waals surface area contributed by atoms with Crippen LogP contribution in [0.2, 0.25) is 0 Å². The third-order valence-corrected chi connectivity index (χ3v) is 5.17. The number of hydrogen-bond acceptors (Lipinski definition) is 2. The van der Waals surface area contributed by atoms with Crippen molar-refractivity contribution in [3.63, 3.8) is 0 Å². The third kappa shape index (κ3) is 6.77. The van der Waals surface area contributed by atoms with Crippen molar-refractivity contribution in [2.24, 2.45) is 0 Å². The van der Waals surface area contributed by atoms with Gasteiger partial charge < -0.3 is 10.2 Å². The topological polar surface area (TPSA) is 49.4 Å². The van der Waals surface area contributed by atoms with Gasteiger partial charge in [0.1, 0.15) is 11.9 Å². The lowest BCUT2D eigenvalue weighted by molar-refractivity contribution is -0.141. The summed E-state index contributed by atoms with van der Waals surface area (Å²) in [6.07, 6.45) is 0.573. The molecular weight excluding hydrogens is 403 g/mol. The van der Waals surface area contributed by atoms with E-state index in [9.17, 15) is 14.0 Å². The minimum absolute atomic E-state index is 0.0577. The Bertz CT molecular complexity index is 1000. The average molecular weight is 433 g/mol. The van der Waals surface area contributed by atoms with Crippen molar-refractivity contribution in [1.29, 1.82) is 0 Å². The van der Waals surface area contributed by atoms with E-state index >= 15 is 0 Å². The average Bonchev–Trinajstić information content (AvgIpc) is 2.78. The van der Waals surface area contributed by atoms with Crippen LogP contribution in [0.25, 0.3) is 0 Å². The number of carbonyl (C=O) groups excluding carboxylic acids is 2. The van der Waals surface area contributed by atoms with E-state index in [-0.39, 0.29) is 36.6 Å². The molecule has 1 N–H and O–H groups in total. The Kier molecular flexibility index (Phi) is 8.14. The minimum Gasteiger partial charge on any atom is -0.352 e. The van der Waals surface area contributed by atoms with E-state index in [2.05, 4.69) is 5.32 Å². The van der Waals surface area contributed by atoms with Crippen molar-refractivity contribution in [3.05, 3.63) is 107 Å². The Morgan fingerprint density at radius 1 is 0.812 bits per heavy atom. The van der Waals surface area contributed by atoms with Crippen LogP contribution in [0, 0.1) is 5.82 Å². The molecule has 166 valence electrons. The van der Waals surface area contributed by atoms with E-state index in [4.69, 9.17) is 0 Å². The first kappa shape index (κ1) is 23.2. The van der Waals surface area contributed by atoms with E-state index in [1.807, 2.05) is 74.5 Å². The third-order valence-electron chi connectivity index (χ3n) is 5.17. The first-order chi connectivity index (χ1) is 15.4. The van der Waals surface area contributed by atoms with Crippen molar-refractivity contribution in [1.82, 2.24) is 10.2 Å². The van der Waals surface area contributed by atoms with Crippen molar-refractivity contribution in [2.75, 3.05) is 0 Å². The molecule has 0 bridgehead atoms. The van der Waals surface area contributed by atoms with Crippen LogP contribution in [0.1, 0.15) is 30.5 Å². The van der Waals surface area contributed by atoms with Crippen LogP contribution in [-0.2, 0) is 29.0 Å². The molecule has 0 radical (unpaired) electrons. The Balaban J connectivity index is 1.94. The molecule has 0 aliphatic rings. The van der Waals surface area contributed by atoms with E-state index < -0.39 is 6.04 Å². The smallest absolute Gasteiger partial charge is 0.243 e. The van der Waals surface area contributed by atoms with Crippen molar-refractivity contribution < 1.29 is 14.0 Å². The molecule has 0 fully saturated rings. The van der Waals surface area contributed by atoms with E-state index in [0.717, 1.165) is 16.7 Å². The zero-order chi connectivity index (χ0) is 22.9. The van der Waals surface area contributed by atoms with Crippen LogP contribution in [0.3, 0.4) is 0 Å². The van der Waals surface area contributed by atoms with Gasteiger partial charge in [-0.05, 0) is 42.7 Å². The molecule has 0 spiro atoms. The fourth-order valence-corrected chi connectivity index (χ4v) is 3.59. The van der Waals surface area contributed by atoms with Crippen molar-refractivity contribution in [3.8, 4) is 0 Å². The lowest BCUT2D eigenvalue weighted by Crippen LogP contribution is -2.52. The molecule has 0 saturated carbocycles. The Morgan fingerprint density at radius 2 is 1.38 bits per heavy atom. The lowest BCUT2D eigenvalue weighted by Gasteiger charge is -2.32. The number of rotatable bonds is 9. The van der Waals surface area contributed by atoms with Gasteiger partial charge in [0.15, 0.2) is 0 Å². The summed E-state index contributed by atoms with van der Waals surface area (Å²) in [4.78, 5) is 28.3. The monoisotopic (exact) mass is 432 g/mol. The first-order valence-electron chi connectivity index (χ1n) is 10.8. The molecule has 0 saturated heterocycles. The molecule has 3 aromatic rings. The van der Waals surface area contributed by atoms with Crippen LogP contribution in [0.15, 0.2) is 84.9 Å². The van der Waals surface area contributed by atoms with Gasteiger partial charge >= 0.3 is 0 Å². The number of nitrogens with one attached hydrogen (secondary N) is 1. The number of halogens is 1. The summed E-state index contributed by atoms with van der Waals surface area (Å²) in [5.74, 6) is -0.693. The Morgan fingerprint density at radius 3 is 1.94 bits per heavy atom. The summed E-state index contributed by atoms with van der Waals surface area (Å²) in [5, 5.41) is 2.96. The highest BCUT2D eigenvalue weighted by atomic mass is 19.1. The second-order valence-corrected chi connectivity index (χ2v) is 8.18. The van der Waals surface area contributed by atoms with Gasteiger partial charge in [-0.1, -0.05) is 72.8 Å². The number of amides is 2. The van der Waals surface area contributed by atoms with Gasteiger partial charge in [0.05, 0.1) is 6.42 Å². The molecule has 3 aromatic carbocycles. The SMILES string of the molecule is CC(C)NC(=O)[C@@H](Cc1ccccc1)N(Cc1ccc(F)cc1)C(=O)Cc1ccccc1. The predicted octanol–water partition coefficient (Wildman–Crippen LogP) is 4.53. The minimum atomic E-state index is -0.693. The summed E-state index contributed by atoms with van der Waals surface area (Å²) < 4.78 is 13.4. The van der Waals surface area contributed by atoms with Gasteiger partial charge in [-0.15, -0.1) is 0 Å². The van der Waals surface area contributed by atoms with Gasteiger partial charge in [0.25, 0.3) is 0 Å². The predicted molar refractivity (Wildman–Crippen MR) is 124 cm³/mol. The van der Waals surface area contributed by atoms with Crippen LogP contribution >= 0.6 is 0 Å². The second kappa shape index (κ2) is 11.2.